The zero-order chi connectivity index (χ0) is 15.1. The number of halogens is 1. The Labute approximate surface area is 126 Å². The minimum atomic E-state index is -3.39. The molecule has 0 aliphatic heterocycles. The molecule has 0 fully saturated rings. The van der Waals surface area contributed by atoms with E-state index in [4.69, 9.17) is 4.74 Å². The molecule has 21 heavy (non-hydrogen) atoms. The molecule has 2 rings (SSSR count). The van der Waals surface area contributed by atoms with Gasteiger partial charge in [-0.1, -0.05) is 0 Å². The molecule has 114 valence electrons. The van der Waals surface area contributed by atoms with Crippen molar-refractivity contribution in [2.45, 2.75) is 6.42 Å². The smallest absolute Gasteiger partial charge is 0.214 e. The average molecular weight is 330 g/mol. The van der Waals surface area contributed by atoms with Gasteiger partial charge < -0.3 is 4.74 Å². The zero-order valence-corrected chi connectivity index (χ0v) is 12.8. The van der Waals surface area contributed by atoms with Crippen LogP contribution in [0.25, 0.3) is 0 Å². The lowest BCUT2D eigenvalue weighted by Crippen LogP contribution is -2.30. The van der Waals surface area contributed by atoms with E-state index in [1.807, 2.05) is 5.38 Å². The van der Waals surface area contributed by atoms with Crippen molar-refractivity contribution in [1.29, 1.82) is 0 Å². The van der Waals surface area contributed by atoms with Crippen LogP contribution in [0.3, 0.4) is 0 Å². The van der Waals surface area contributed by atoms with E-state index in [0.29, 0.717) is 18.7 Å². The van der Waals surface area contributed by atoms with Crippen LogP contribution >= 0.6 is 11.3 Å². The van der Waals surface area contributed by atoms with E-state index in [2.05, 4.69) is 9.71 Å². The fraction of sp³-hybridized carbons (Fsp3) is 0.308. The molecule has 0 saturated carbocycles. The molecule has 0 radical (unpaired) electrons. The van der Waals surface area contributed by atoms with Gasteiger partial charge in [-0.2, -0.15) is 0 Å². The molecule has 1 aromatic carbocycles. The van der Waals surface area contributed by atoms with Crippen molar-refractivity contribution >= 4 is 21.4 Å². The molecule has 0 amide bonds. The number of nitrogens with one attached hydrogen (secondary N) is 1. The van der Waals surface area contributed by atoms with E-state index in [1.165, 1.54) is 35.6 Å². The lowest BCUT2D eigenvalue weighted by atomic mass is 10.3. The first-order valence-corrected chi connectivity index (χ1v) is 8.87. The third-order valence-corrected chi connectivity index (χ3v) is 4.60. The highest BCUT2D eigenvalue weighted by molar-refractivity contribution is 7.89. The van der Waals surface area contributed by atoms with Crippen molar-refractivity contribution < 1.29 is 17.5 Å². The maximum Gasteiger partial charge on any atom is 0.214 e. The summed E-state index contributed by atoms with van der Waals surface area (Å²) in [4.78, 5) is 4.07. The molecule has 0 atom stereocenters. The standard InChI is InChI=1S/C13H15FN2O3S2/c14-11-1-3-13(4-2-11)19-7-8-21(17,18)16-6-5-12-9-20-10-15-12/h1-4,9-10,16H,5-8H2. The Hall–Kier alpha value is -1.51. The summed E-state index contributed by atoms with van der Waals surface area (Å²) in [6.45, 7) is 0.320. The summed E-state index contributed by atoms with van der Waals surface area (Å²) in [5.74, 6) is -0.0747. The van der Waals surface area contributed by atoms with E-state index in [9.17, 15) is 12.8 Å². The molecule has 5 nitrogen and oxygen atoms in total. The Morgan fingerprint density at radius 3 is 2.71 bits per heavy atom. The van der Waals surface area contributed by atoms with Gasteiger partial charge in [0.1, 0.15) is 18.2 Å². The summed E-state index contributed by atoms with van der Waals surface area (Å²) in [6.07, 6.45) is 0.557. The second-order valence-corrected chi connectivity index (χ2v) is 6.89. The highest BCUT2D eigenvalue weighted by Crippen LogP contribution is 2.10. The molecular formula is C13H15FN2O3S2. The van der Waals surface area contributed by atoms with Gasteiger partial charge in [0.05, 0.1) is 17.0 Å². The Morgan fingerprint density at radius 2 is 2.05 bits per heavy atom. The molecule has 1 heterocycles. The summed E-state index contributed by atoms with van der Waals surface area (Å²) in [6, 6.07) is 5.43. The molecule has 0 aliphatic rings. The van der Waals surface area contributed by atoms with E-state index >= 15 is 0 Å². The summed E-state index contributed by atoms with van der Waals surface area (Å²) >= 11 is 1.47. The van der Waals surface area contributed by atoms with Crippen molar-refractivity contribution in [2.24, 2.45) is 0 Å². The van der Waals surface area contributed by atoms with Crippen LogP contribution in [0.15, 0.2) is 35.2 Å². The molecule has 2 aromatic rings. The molecule has 0 bridgehead atoms. The lowest BCUT2D eigenvalue weighted by Gasteiger charge is -2.08. The number of ether oxygens (including phenoxy) is 1. The highest BCUT2D eigenvalue weighted by atomic mass is 32.2. The van der Waals surface area contributed by atoms with E-state index < -0.39 is 10.0 Å². The monoisotopic (exact) mass is 330 g/mol. The van der Waals surface area contributed by atoms with Gasteiger partial charge in [0.2, 0.25) is 10.0 Å². The maximum atomic E-state index is 12.7. The Bertz CT molecular complexity index is 643. The van der Waals surface area contributed by atoms with Crippen LogP contribution in [0, 0.1) is 5.82 Å². The minimum Gasteiger partial charge on any atom is -0.492 e. The predicted molar refractivity (Wildman–Crippen MR) is 79.5 cm³/mol. The second kappa shape index (κ2) is 7.48. The topological polar surface area (TPSA) is 68.3 Å². The highest BCUT2D eigenvalue weighted by Gasteiger charge is 2.10. The molecule has 1 N–H and O–H groups in total. The molecular weight excluding hydrogens is 315 g/mol. The molecule has 0 spiro atoms. The van der Waals surface area contributed by atoms with Crippen LogP contribution in [0.4, 0.5) is 4.39 Å². The number of rotatable bonds is 8. The summed E-state index contributed by atoms with van der Waals surface area (Å²) < 4.78 is 43.9. The number of benzene rings is 1. The normalized spacial score (nSPS) is 11.5. The van der Waals surface area contributed by atoms with Gasteiger partial charge in [-0.05, 0) is 24.3 Å². The molecule has 8 heteroatoms. The molecule has 0 aliphatic carbocycles. The third-order valence-electron chi connectivity index (χ3n) is 2.62. The fourth-order valence-electron chi connectivity index (χ4n) is 1.57. The summed E-state index contributed by atoms with van der Waals surface area (Å²) in [5.41, 5.74) is 2.57. The van der Waals surface area contributed by atoms with Gasteiger partial charge in [-0.25, -0.2) is 22.5 Å². The van der Waals surface area contributed by atoms with Crippen LogP contribution < -0.4 is 9.46 Å². The Balaban J connectivity index is 1.69. The molecule has 0 saturated heterocycles. The predicted octanol–water partition coefficient (Wildman–Crippen LogP) is 1.82. The minimum absolute atomic E-state index is 0.0116. The number of hydrogen-bond acceptors (Lipinski definition) is 5. The van der Waals surface area contributed by atoms with Crippen molar-refractivity contribution in [3.8, 4) is 5.75 Å². The largest absolute Gasteiger partial charge is 0.492 e. The quantitative estimate of drug-likeness (QED) is 0.802. The number of hydrogen-bond donors (Lipinski definition) is 1. The fourth-order valence-corrected chi connectivity index (χ4v) is 3.02. The SMILES string of the molecule is O=S(=O)(CCOc1ccc(F)cc1)NCCc1cscn1. The lowest BCUT2D eigenvalue weighted by molar-refractivity contribution is 0.339. The number of nitrogens with zero attached hydrogens (tertiary/aromatic N) is 1. The van der Waals surface area contributed by atoms with E-state index in [0.717, 1.165) is 5.69 Å². The first-order chi connectivity index (χ1) is 10.1. The Kier molecular flexibility index (Phi) is 5.66. The third kappa shape index (κ3) is 5.78. The number of thiazole rings is 1. The number of sulfonamides is 1. The Morgan fingerprint density at radius 1 is 1.29 bits per heavy atom. The molecule has 0 unspecified atom stereocenters. The van der Waals surface area contributed by atoms with Crippen molar-refractivity contribution in [3.05, 3.63) is 46.7 Å². The summed E-state index contributed by atoms with van der Waals surface area (Å²) in [5, 5.41) is 1.88. The van der Waals surface area contributed by atoms with Gasteiger partial charge in [0.15, 0.2) is 0 Å². The number of aromatic nitrogens is 1. The van der Waals surface area contributed by atoms with Gasteiger partial charge in [0.25, 0.3) is 0 Å². The zero-order valence-electron chi connectivity index (χ0n) is 11.2. The first kappa shape index (κ1) is 15.9. The van der Waals surface area contributed by atoms with Gasteiger partial charge in [0, 0.05) is 18.3 Å². The van der Waals surface area contributed by atoms with E-state index in [1.54, 1.807) is 5.51 Å². The van der Waals surface area contributed by atoms with Crippen LogP contribution in [0.5, 0.6) is 5.75 Å². The van der Waals surface area contributed by atoms with Crippen molar-refractivity contribution in [3.63, 3.8) is 0 Å². The van der Waals surface area contributed by atoms with Crippen LogP contribution in [-0.2, 0) is 16.4 Å². The van der Waals surface area contributed by atoms with Crippen LogP contribution in [0.2, 0.25) is 0 Å². The maximum absolute atomic E-state index is 12.7. The van der Waals surface area contributed by atoms with Gasteiger partial charge >= 0.3 is 0 Å². The van der Waals surface area contributed by atoms with Crippen LogP contribution in [-0.4, -0.2) is 32.3 Å². The first-order valence-electron chi connectivity index (χ1n) is 6.28. The van der Waals surface area contributed by atoms with Crippen LogP contribution in [0.1, 0.15) is 5.69 Å². The van der Waals surface area contributed by atoms with Crippen molar-refractivity contribution in [1.82, 2.24) is 9.71 Å². The average Bonchev–Trinajstić information content (AvgIpc) is 2.94. The van der Waals surface area contributed by atoms with E-state index in [-0.39, 0.29) is 18.2 Å². The molecule has 1 aromatic heterocycles. The van der Waals surface area contributed by atoms with Crippen molar-refractivity contribution in [2.75, 3.05) is 18.9 Å². The summed E-state index contributed by atoms with van der Waals surface area (Å²) in [7, 11) is -3.39. The van der Waals surface area contributed by atoms with Gasteiger partial charge in [-0.15, -0.1) is 11.3 Å². The van der Waals surface area contributed by atoms with Gasteiger partial charge in [-0.3, -0.25) is 0 Å². The second-order valence-electron chi connectivity index (χ2n) is 4.25.